The number of carbonyl (C=O) groups excluding carboxylic acids is 1. The van der Waals surface area contributed by atoms with Gasteiger partial charge in [0.05, 0.1) is 6.61 Å². The second-order valence-corrected chi connectivity index (χ2v) is 6.57. The molecule has 0 saturated heterocycles. The van der Waals surface area contributed by atoms with Crippen molar-refractivity contribution >= 4 is 27.4 Å². The first-order chi connectivity index (χ1) is 11.6. The molecule has 3 aromatic rings. The standard InChI is InChI=1S/C19H17FO3S/c1-12-6-8-13(9-7-12)10-23-19(21)18-14(11-22-2)17-15(20)4-3-5-16(17)24-18/h3-9H,10-11H2,1-2H3. The number of carbonyl (C=O) groups is 1. The zero-order valence-corrected chi connectivity index (χ0v) is 14.3. The van der Waals surface area contributed by atoms with Crippen molar-refractivity contribution in [1.29, 1.82) is 0 Å². The molecule has 5 heteroatoms. The minimum Gasteiger partial charge on any atom is -0.457 e. The Balaban J connectivity index is 1.87. The van der Waals surface area contributed by atoms with Gasteiger partial charge in [-0.15, -0.1) is 11.3 Å². The predicted octanol–water partition coefficient (Wildman–Crippen LogP) is 4.85. The van der Waals surface area contributed by atoms with Crippen LogP contribution in [0.25, 0.3) is 10.1 Å². The summed E-state index contributed by atoms with van der Waals surface area (Å²) in [4.78, 5) is 12.9. The fraction of sp³-hybridized carbons (Fsp3) is 0.211. The molecule has 0 spiro atoms. The summed E-state index contributed by atoms with van der Waals surface area (Å²) in [5, 5.41) is 0.437. The fourth-order valence-electron chi connectivity index (χ4n) is 2.51. The maximum Gasteiger partial charge on any atom is 0.349 e. The average Bonchev–Trinajstić information content (AvgIpc) is 2.94. The number of hydrogen-bond donors (Lipinski definition) is 0. The Kier molecular flexibility index (Phi) is 4.92. The summed E-state index contributed by atoms with van der Waals surface area (Å²) >= 11 is 1.23. The lowest BCUT2D eigenvalue weighted by Gasteiger charge is -2.06. The van der Waals surface area contributed by atoms with Gasteiger partial charge in [-0.3, -0.25) is 0 Å². The topological polar surface area (TPSA) is 35.5 Å². The summed E-state index contributed by atoms with van der Waals surface area (Å²) in [5.41, 5.74) is 2.60. The number of benzene rings is 2. The molecule has 3 rings (SSSR count). The molecule has 0 bridgehead atoms. The maximum absolute atomic E-state index is 14.1. The fourth-order valence-corrected chi connectivity index (χ4v) is 3.63. The molecule has 0 aliphatic carbocycles. The van der Waals surface area contributed by atoms with Gasteiger partial charge in [0.15, 0.2) is 0 Å². The van der Waals surface area contributed by atoms with Gasteiger partial charge in [-0.25, -0.2) is 9.18 Å². The lowest BCUT2D eigenvalue weighted by atomic mass is 10.1. The second-order valence-electron chi connectivity index (χ2n) is 5.52. The van der Waals surface area contributed by atoms with Crippen molar-refractivity contribution in [3.8, 4) is 0 Å². The molecule has 0 unspecified atom stereocenters. The molecule has 1 aromatic heterocycles. The quantitative estimate of drug-likeness (QED) is 0.621. The van der Waals surface area contributed by atoms with Crippen LogP contribution in [0.5, 0.6) is 0 Å². The van der Waals surface area contributed by atoms with E-state index < -0.39 is 5.97 Å². The zero-order valence-electron chi connectivity index (χ0n) is 13.5. The Morgan fingerprint density at radius 3 is 2.58 bits per heavy atom. The van der Waals surface area contributed by atoms with Gasteiger partial charge < -0.3 is 9.47 Å². The van der Waals surface area contributed by atoms with E-state index in [9.17, 15) is 9.18 Å². The third-order valence-electron chi connectivity index (χ3n) is 3.73. The van der Waals surface area contributed by atoms with Crippen molar-refractivity contribution in [2.45, 2.75) is 20.1 Å². The Hall–Kier alpha value is -2.24. The molecule has 24 heavy (non-hydrogen) atoms. The number of fused-ring (bicyclic) bond motifs is 1. The molecule has 124 valence electrons. The zero-order chi connectivity index (χ0) is 17.1. The van der Waals surface area contributed by atoms with Crippen molar-refractivity contribution in [1.82, 2.24) is 0 Å². The van der Waals surface area contributed by atoms with Gasteiger partial charge in [0, 0.05) is 22.8 Å². The van der Waals surface area contributed by atoms with E-state index in [1.807, 2.05) is 31.2 Å². The summed E-state index contributed by atoms with van der Waals surface area (Å²) < 4.78 is 25.4. The van der Waals surface area contributed by atoms with E-state index in [-0.39, 0.29) is 19.0 Å². The van der Waals surface area contributed by atoms with Crippen molar-refractivity contribution in [2.24, 2.45) is 0 Å². The molecular formula is C19H17FO3S. The first kappa shape index (κ1) is 16.6. The van der Waals surface area contributed by atoms with Gasteiger partial charge in [-0.2, -0.15) is 0 Å². The summed E-state index contributed by atoms with van der Waals surface area (Å²) in [6, 6.07) is 12.6. The molecule has 0 fully saturated rings. The van der Waals surface area contributed by atoms with Crippen molar-refractivity contribution in [2.75, 3.05) is 7.11 Å². The van der Waals surface area contributed by atoms with Crippen LogP contribution in [0.3, 0.4) is 0 Å². The Bertz CT molecular complexity index is 868. The highest BCUT2D eigenvalue weighted by molar-refractivity contribution is 7.21. The number of halogens is 1. The van der Waals surface area contributed by atoms with Crippen LogP contribution in [0, 0.1) is 12.7 Å². The van der Waals surface area contributed by atoms with Crippen LogP contribution in [-0.4, -0.2) is 13.1 Å². The lowest BCUT2D eigenvalue weighted by molar-refractivity contribution is 0.0474. The summed E-state index contributed by atoms with van der Waals surface area (Å²) in [5.74, 6) is -0.809. The van der Waals surface area contributed by atoms with E-state index in [4.69, 9.17) is 9.47 Å². The average molecular weight is 344 g/mol. The maximum atomic E-state index is 14.1. The molecule has 2 aromatic carbocycles. The van der Waals surface area contributed by atoms with E-state index in [0.717, 1.165) is 11.1 Å². The normalized spacial score (nSPS) is 11.0. The van der Waals surface area contributed by atoms with Gasteiger partial charge in [0.2, 0.25) is 0 Å². The third kappa shape index (κ3) is 3.32. The highest BCUT2D eigenvalue weighted by Gasteiger charge is 2.21. The van der Waals surface area contributed by atoms with E-state index in [1.54, 1.807) is 12.1 Å². The molecule has 0 N–H and O–H groups in total. The Labute approximate surface area is 143 Å². The van der Waals surface area contributed by atoms with Crippen LogP contribution in [0.2, 0.25) is 0 Å². The molecule has 1 heterocycles. The molecule has 0 aliphatic rings. The highest BCUT2D eigenvalue weighted by Crippen LogP contribution is 2.34. The number of ether oxygens (including phenoxy) is 2. The number of hydrogen-bond acceptors (Lipinski definition) is 4. The summed E-state index contributed by atoms with van der Waals surface area (Å²) in [6.45, 7) is 2.34. The molecular weight excluding hydrogens is 327 g/mol. The number of thiophene rings is 1. The van der Waals surface area contributed by atoms with Crippen LogP contribution in [0.15, 0.2) is 42.5 Å². The van der Waals surface area contributed by atoms with Crippen LogP contribution in [0.1, 0.15) is 26.4 Å². The number of aryl methyl sites for hydroxylation is 1. The third-order valence-corrected chi connectivity index (χ3v) is 4.91. The van der Waals surface area contributed by atoms with Gasteiger partial charge in [0.25, 0.3) is 0 Å². The first-order valence-corrected chi connectivity index (χ1v) is 8.33. The van der Waals surface area contributed by atoms with Crippen LogP contribution >= 0.6 is 11.3 Å². The first-order valence-electron chi connectivity index (χ1n) is 7.51. The smallest absolute Gasteiger partial charge is 0.349 e. The minimum atomic E-state index is -0.455. The van der Waals surface area contributed by atoms with E-state index >= 15 is 0 Å². The molecule has 0 atom stereocenters. The van der Waals surface area contributed by atoms with Gasteiger partial charge in [-0.1, -0.05) is 35.9 Å². The van der Waals surface area contributed by atoms with Crippen LogP contribution < -0.4 is 0 Å². The van der Waals surface area contributed by atoms with Crippen molar-refractivity contribution < 1.29 is 18.7 Å². The van der Waals surface area contributed by atoms with E-state index in [2.05, 4.69) is 0 Å². The molecule has 0 radical (unpaired) electrons. The Morgan fingerprint density at radius 2 is 1.88 bits per heavy atom. The number of esters is 1. The van der Waals surface area contributed by atoms with Gasteiger partial charge >= 0.3 is 5.97 Å². The molecule has 0 aliphatic heterocycles. The molecule has 0 saturated carbocycles. The highest BCUT2D eigenvalue weighted by atomic mass is 32.1. The molecule has 3 nitrogen and oxygen atoms in total. The lowest BCUT2D eigenvalue weighted by Crippen LogP contribution is -2.06. The SMILES string of the molecule is COCc1c(C(=O)OCc2ccc(C)cc2)sc2cccc(F)c12. The molecule has 0 amide bonds. The van der Waals surface area contributed by atoms with Crippen molar-refractivity contribution in [3.05, 3.63) is 69.8 Å². The number of rotatable bonds is 5. The van der Waals surface area contributed by atoms with Crippen LogP contribution in [-0.2, 0) is 22.7 Å². The number of methoxy groups -OCH3 is 1. The van der Waals surface area contributed by atoms with Gasteiger partial charge in [-0.05, 0) is 24.6 Å². The largest absolute Gasteiger partial charge is 0.457 e. The monoisotopic (exact) mass is 344 g/mol. The van der Waals surface area contributed by atoms with E-state index in [0.29, 0.717) is 20.5 Å². The summed E-state index contributed by atoms with van der Waals surface area (Å²) in [7, 11) is 1.52. The second kappa shape index (κ2) is 7.11. The van der Waals surface area contributed by atoms with Crippen molar-refractivity contribution in [3.63, 3.8) is 0 Å². The van der Waals surface area contributed by atoms with Gasteiger partial charge in [0.1, 0.15) is 17.3 Å². The van der Waals surface area contributed by atoms with Crippen LogP contribution in [0.4, 0.5) is 4.39 Å². The summed E-state index contributed by atoms with van der Waals surface area (Å²) in [6.07, 6.45) is 0. The van der Waals surface area contributed by atoms with E-state index in [1.165, 1.54) is 24.5 Å². The minimum absolute atomic E-state index is 0.163. The Morgan fingerprint density at radius 1 is 1.12 bits per heavy atom. The predicted molar refractivity (Wildman–Crippen MR) is 92.8 cm³/mol.